The molecule has 19 heavy (non-hydrogen) atoms. The number of hydrogen-bond acceptors (Lipinski definition) is 2. The summed E-state index contributed by atoms with van der Waals surface area (Å²) in [5, 5.41) is 14.1. The molecule has 0 fully saturated rings. The average Bonchev–Trinajstić information content (AvgIpc) is 2.37. The quantitative estimate of drug-likeness (QED) is 0.777. The molecule has 0 bridgehead atoms. The number of urea groups is 1. The Bertz CT molecular complexity index is 461. The van der Waals surface area contributed by atoms with E-state index in [1.165, 1.54) is 6.92 Å². The zero-order chi connectivity index (χ0) is 14.5. The number of hydrogen-bond donors (Lipinski definition) is 3. The highest BCUT2D eigenvalue weighted by molar-refractivity contribution is 9.10. The number of nitrogens with one attached hydrogen (secondary N) is 2. The Hall–Kier alpha value is -1.56. The van der Waals surface area contributed by atoms with Gasteiger partial charge in [0.2, 0.25) is 0 Å². The van der Waals surface area contributed by atoms with Crippen molar-refractivity contribution in [1.82, 2.24) is 10.6 Å². The maximum absolute atomic E-state index is 11.7. The molecule has 0 aromatic heterocycles. The summed E-state index contributed by atoms with van der Waals surface area (Å²) < 4.78 is 0.963. The van der Waals surface area contributed by atoms with Crippen LogP contribution in [0.5, 0.6) is 0 Å². The second-order valence-electron chi connectivity index (χ2n) is 4.42. The third-order valence-electron chi connectivity index (χ3n) is 2.93. The third-order valence-corrected chi connectivity index (χ3v) is 3.46. The molecule has 6 heteroatoms. The van der Waals surface area contributed by atoms with Gasteiger partial charge in [0.1, 0.15) is 5.54 Å². The molecule has 1 rings (SSSR count). The Labute approximate surface area is 120 Å². The fourth-order valence-electron chi connectivity index (χ4n) is 1.37. The first-order chi connectivity index (χ1) is 8.87. The van der Waals surface area contributed by atoms with Gasteiger partial charge in [0.05, 0.1) is 0 Å². The van der Waals surface area contributed by atoms with Crippen molar-refractivity contribution in [1.29, 1.82) is 0 Å². The number of carboxylic acid groups (broad SMARTS) is 1. The number of carbonyl (C=O) groups is 2. The third kappa shape index (κ3) is 4.55. The molecule has 0 saturated carbocycles. The van der Waals surface area contributed by atoms with E-state index < -0.39 is 17.5 Å². The second kappa shape index (κ2) is 6.56. The highest BCUT2D eigenvalue weighted by atomic mass is 79.9. The minimum Gasteiger partial charge on any atom is -0.480 e. The van der Waals surface area contributed by atoms with Crippen LogP contribution in [0.3, 0.4) is 0 Å². The maximum Gasteiger partial charge on any atom is 0.329 e. The molecule has 0 spiro atoms. The molecule has 5 nitrogen and oxygen atoms in total. The molecular weight excluding hydrogens is 312 g/mol. The predicted molar refractivity (Wildman–Crippen MR) is 75.8 cm³/mol. The van der Waals surface area contributed by atoms with Gasteiger partial charge >= 0.3 is 12.0 Å². The van der Waals surface area contributed by atoms with E-state index >= 15 is 0 Å². The Kier molecular flexibility index (Phi) is 5.35. The molecule has 1 aromatic carbocycles. The monoisotopic (exact) mass is 328 g/mol. The van der Waals surface area contributed by atoms with E-state index in [1.807, 2.05) is 24.3 Å². The minimum atomic E-state index is -1.25. The molecule has 1 unspecified atom stereocenters. The van der Waals surface area contributed by atoms with E-state index in [4.69, 9.17) is 5.11 Å². The fourth-order valence-corrected chi connectivity index (χ4v) is 1.64. The lowest BCUT2D eigenvalue weighted by Crippen LogP contribution is -2.54. The van der Waals surface area contributed by atoms with Gasteiger partial charge in [-0.25, -0.2) is 9.59 Å². The first-order valence-electron chi connectivity index (χ1n) is 5.91. The number of aliphatic carboxylic acids is 1. The van der Waals surface area contributed by atoms with E-state index in [2.05, 4.69) is 26.6 Å². The van der Waals surface area contributed by atoms with Gasteiger partial charge in [-0.15, -0.1) is 0 Å². The van der Waals surface area contributed by atoms with Crippen molar-refractivity contribution >= 4 is 27.9 Å². The average molecular weight is 329 g/mol. The summed E-state index contributed by atoms with van der Waals surface area (Å²) in [5.74, 6) is -1.05. The van der Waals surface area contributed by atoms with E-state index in [0.717, 1.165) is 10.0 Å². The van der Waals surface area contributed by atoms with E-state index in [-0.39, 0.29) is 0 Å². The fraction of sp³-hybridized carbons (Fsp3) is 0.385. The first-order valence-corrected chi connectivity index (χ1v) is 6.70. The molecule has 0 aliphatic heterocycles. The molecule has 0 saturated heterocycles. The van der Waals surface area contributed by atoms with Gasteiger partial charge < -0.3 is 15.7 Å². The number of rotatable bonds is 5. The van der Waals surface area contributed by atoms with Crippen molar-refractivity contribution in [3.05, 3.63) is 34.3 Å². The molecule has 2 amide bonds. The van der Waals surface area contributed by atoms with Gasteiger partial charge in [-0.2, -0.15) is 0 Å². The Morgan fingerprint density at radius 2 is 1.89 bits per heavy atom. The van der Waals surface area contributed by atoms with Crippen molar-refractivity contribution in [2.75, 3.05) is 0 Å². The van der Waals surface area contributed by atoms with Crippen molar-refractivity contribution in [3.8, 4) is 0 Å². The van der Waals surface area contributed by atoms with E-state index in [1.54, 1.807) is 6.92 Å². The summed E-state index contributed by atoms with van der Waals surface area (Å²) in [7, 11) is 0. The van der Waals surface area contributed by atoms with Crippen molar-refractivity contribution < 1.29 is 14.7 Å². The lowest BCUT2D eigenvalue weighted by atomic mass is 10.00. The number of carbonyl (C=O) groups excluding carboxylic acids is 1. The normalized spacial score (nSPS) is 13.4. The number of benzene rings is 1. The van der Waals surface area contributed by atoms with Crippen LogP contribution >= 0.6 is 15.9 Å². The number of carboxylic acids is 1. The van der Waals surface area contributed by atoms with Crippen LogP contribution in [0.15, 0.2) is 28.7 Å². The Morgan fingerprint density at radius 1 is 1.32 bits per heavy atom. The highest BCUT2D eigenvalue weighted by Gasteiger charge is 2.32. The molecule has 0 aliphatic rings. The number of amides is 2. The summed E-state index contributed by atoms with van der Waals surface area (Å²) in [6.45, 7) is 3.54. The van der Waals surface area contributed by atoms with Gasteiger partial charge in [0, 0.05) is 11.0 Å². The molecule has 0 heterocycles. The highest BCUT2D eigenvalue weighted by Crippen LogP contribution is 2.11. The van der Waals surface area contributed by atoms with Gasteiger partial charge in [-0.05, 0) is 31.0 Å². The zero-order valence-electron chi connectivity index (χ0n) is 10.9. The van der Waals surface area contributed by atoms with Crippen LogP contribution in [0.4, 0.5) is 4.79 Å². The van der Waals surface area contributed by atoms with Gasteiger partial charge in [-0.1, -0.05) is 35.0 Å². The largest absolute Gasteiger partial charge is 0.480 e. The molecule has 1 atom stereocenters. The molecular formula is C13H17BrN2O3. The van der Waals surface area contributed by atoms with Crippen LogP contribution in [-0.2, 0) is 11.3 Å². The van der Waals surface area contributed by atoms with Crippen molar-refractivity contribution in [2.45, 2.75) is 32.4 Å². The summed E-state index contributed by atoms with van der Waals surface area (Å²) in [5.41, 5.74) is -0.309. The van der Waals surface area contributed by atoms with Crippen LogP contribution in [0.1, 0.15) is 25.8 Å². The van der Waals surface area contributed by atoms with Crippen LogP contribution in [0.2, 0.25) is 0 Å². The van der Waals surface area contributed by atoms with Crippen LogP contribution in [0, 0.1) is 0 Å². The Morgan fingerprint density at radius 3 is 2.37 bits per heavy atom. The van der Waals surface area contributed by atoms with Gasteiger partial charge in [-0.3, -0.25) is 0 Å². The van der Waals surface area contributed by atoms with Crippen molar-refractivity contribution in [2.24, 2.45) is 0 Å². The molecule has 104 valence electrons. The molecule has 1 aromatic rings. The predicted octanol–water partition coefficient (Wildman–Crippen LogP) is 2.50. The summed E-state index contributed by atoms with van der Waals surface area (Å²) in [4.78, 5) is 22.7. The van der Waals surface area contributed by atoms with Gasteiger partial charge in [0.25, 0.3) is 0 Å². The molecule has 3 N–H and O–H groups in total. The second-order valence-corrected chi connectivity index (χ2v) is 5.34. The molecule has 0 aliphatic carbocycles. The lowest BCUT2D eigenvalue weighted by molar-refractivity contribution is -0.143. The number of halogens is 1. The summed E-state index contributed by atoms with van der Waals surface area (Å²) in [6.07, 6.45) is 0.314. The Balaban J connectivity index is 2.52. The first kappa shape index (κ1) is 15.5. The minimum absolute atomic E-state index is 0.314. The van der Waals surface area contributed by atoms with Gasteiger partial charge in [0.15, 0.2) is 0 Å². The van der Waals surface area contributed by atoms with E-state index in [9.17, 15) is 9.59 Å². The van der Waals surface area contributed by atoms with Crippen molar-refractivity contribution in [3.63, 3.8) is 0 Å². The standard InChI is InChI=1S/C13H17BrN2O3/c1-3-13(2,11(17)18)16-12(19)15-8-9-4-6-10(14)7-5-9/h4-7H,3,8H2,1-2H3,(H,17,18)(H2,15,16,19). The van der Waals surface area contributed by atoms with E-state index in [0.29, 0.717) is 13.0 Å². The summed E-state index contributed by atoms with van der Waals surface area (Å²) in [6, 6.07) is 7.01. The zero-order valence-corrected chi connectivity index (χ0v) is 12.5. The lowest BCUT2D eigenvalue weighted by Gasteiger charge is -2.24. The summed E-state index contributed by atoms with van der Waals surface area (Å²) >= 11 is 3.33. The smallest absolute Gasteiger partial charge is 0.329 e. The topological polar surface area (TPSA) is 78.4 Å². The SMILES string of the molecule is CCC(C)(NC(=O)NCc1ccc(Br)cc1)C(=O)O. The molecule has 0 radical (unpaired) electrons. The van der Waals surface area contributed by atoms with Crippen LogP contribution in [-0.4, -0.2) is 22.6 Å². The van der Waals surface area contributed by atoms with Crippen LogP contribution in [0.25, 0.3) is 0 Å². The maximum atomic E-state index is 11.7. The van der Waals surface area contributed by atoms with Crippen LogP contribution < -0.4 is 10.6 Å².